The Morgan fingerprint density at radius 3 is 2.92 bits per heavy atom. The zero-order valence-corrected chi connectivity index (χ0v) is 14.8. The number of nitrogens with one attached hydrogen (secondary N) is 1. The van der Waals surface area contributed by atoms with Crippen LogP contribution in [0.5, 0.6) is 5.75 Å². The number of hydrogen-bond acceptors (Lipinski definition) is 4. The van der Waals surface area contributed by atoms with E-state index in [1.807, 2.05) is 24.6 Å². The molecule has 6 heteroatoms. The number of aryl methyl sites for hydroxylation is 1. The quantitative estimate of drug-likeness (QED) is 0.929. The van der Waals surface area contributed by atoms with Crippen molar-refractivity contribution in [2.75, 3.05) is 7.11 Å². The van der Waals surface area contributed by atoms with Gasteiger partial charge in [-0.1, -0.05) is 6.07 Å². The fourth-order valence-corrected chi connectivity index (χ4v) is 3.50. The summed E-state index contributed by atoms with van der Waals surface area (Å²) in [4.78, 5) is 11.7. The van der Waals surface area contributed by atoms with E-state index in [1.165, 1.54) is 0 Å². The van der Waals surface area contributed by atoms with Crippen LogP contribution in [0.2, 0.25) is 0 Å². The van der Waals surface area contributed by atoms with Crippen molar-refractivity contribution in [1.29, 1.82) is 5.26 Å². The van der Waals surface area contributed by atoms with Gasteiger partial charge in [0.15, 0.2) is 0 Å². The van der Waals surface area contributed by atoms with Crippen molar-refractivity contribution in [3.8, 4) is 11.8 Å². The van der Waals surface area contributed by atoms with E-state index in [0.29, 0.717) is 24.3 Å². The molecule has 1 aromatic carbocycles. The van der Waals surface area contributed by atoms with Crippen LogP contribution < -0.4 is 10.1 Å². The predicted molar refractivity (Wildman–Crippen MR) is 93.2 cm³/mol. The molecule has 0 radical (unpaired) electrons. The first-order valence-electron chi connectivity index (χ1n) is 8.43. The van der Waals surface area contributed by atoms with E-state index in [9.17, 15) is 4.79 Å². The normalized spacial score (nSPS) is 17.0. The molecule has 1 unspecified atom stereocenters. The topological polar surface area (TPSA) is 79.9 Å². The molecule has 1 fully saturated rings. The molecule has 0 spiro atoms. The fraction of sp³-hybridized carbons (Fsp3) is 0.421. The largest absolute Gasteiger partial charge is 0.496 e. The second-order valence-corrected chi connectivity index (χ2v) is 6.39. The number of aromatic nitrogens is 2. The number of piperidine rings is 1. The fourth-order valence-electron chi connectivity index (χ4n) is 3.50. The molecule has 1 amide bonds. The van der Waals surface area contributed by atoms with Gasteiger partial charge >= 0.3 is 0 Å². The first-order valence-corrected chi connectivity index (χ1v) is 8.43. The third-order valence-electron chi connectivity index (χ3n) is 4.75. The van der Waals surface area contributed by atoms with Gasteiger partial charge in [0, 0.05) is 23.2 Å². The minimum absolute atomic E-state index is 0.0397. The summed E-state index contributed by atoms with van der Waals surface area (Å²) in [6, 6.07) is 7.58. The smallest absolute Gasteiger partial charge is 0.220 e. The number of amides is 1. The Labute approximate surface area is 147 Å². The number of nitrogens with zero attached hydrogens (tertiary/aromatic N) is 3. The van der Waals surface area contributed by atoms with Gasteiger partial charge in [-0.25, -0.2) is 0 Å². The van der Waals surface area contributed by atoms with Gasteiger partial charge in [0.2, 0.25) is 5.91 Å². The van der Waals surface area contributed by atoms with E-state index in [2.05, 4.69) is 16.5 Å². The van der Waals surface area contributed by atoms with Gasteiger partial charge in [-0.05, 0) is 38.8 Å². The molecule has 0 bridgehead atoms. The maximum Gasteiger partial charge on any atom is 0.220 e. The zero-order valence-electron chi connectivity index (χ0n) is 14.8. The third-order valence-corrected chi connectivity index (χ3v) is 4.75. The number of carbonyl (C=O) groups is 1. The van der Waals surface area contributed by atoms with Crippen molar-refractivity contribution < 1.29 is 9.53 Å². The highest BCUT2D eigenvalue weighted by atomic mass is 16.5. The third kappa shape index (κ3) is 3.36. The van der Waals surface area contributed by atoms with Gasteiger partial charge in [-0.3, -0.25) is 9.48 Å². The molecule has 2 aromatic rings. The number of ether oxygens (including phenoxy) is 1. The molecular formula is C19H22N4O2. The van der Waals surface area contributed by atoms with E-state index in [4.69, 9.17) is 10.00 Å². The second kappa shape index (κ2) is 6.98. The second-order valence-electron chi connectivity index (χ2n) is 6.39. The summed E-state index contributed by atoms with van der Waals surface area (Å²) in [6.07, 6.45) is 2.45. The van der Waals surface area contributed by atoms with Gasteiger partial charge in [-0.15, -0.1) is 0 Å². The van der Waals surface area contributed by atoms with Crippen LogP contribution in [-0.2, 0) is 11.3 Å². The molecule has 1 N–H and O–H groups in total. The predicted octanol–water partition coefficient (Wildman–Crippen LogP) is 2.77. The summed E-state index contributed by atoms with van der Waals surface area (Å²) in [7, 11) is 1.60. The number of hydrogen-bond donors (Lipinski definition) is 1. The van der Waals surface area contributed by atoms with Gasteiger partial charge in [0.25, 0.3) is 0 Å². The average molecular weight is 338 g/mol. The van der Waals surface area contributed by atoms with E-state index < -0.39 is 0 Å². The Morgan fingerprint density at radius 2 is 2.24 bits per heavy atom. The van der Waals surface area contributed by atoms with Crippen molar-refractivity contribution >= 4 is 5.91 Å². The number of methoxy groups -OCH3 is 1. The van der Waals surface area contributed by atoms with Crippen molar-refractivity contribution in [3.63, 3.8) is 0 Å². The lowest BCUT2D eigenvalue weighted by atomic mass is 9.96. The summed E-state index contributed by atoms with van der Waals surface area (Å²) in [5.41, 5.74) is 4.64. The van der Waals surface area contributed by atoms with Gasteiger partial charge < -0.3 is 10.1 Å². The SMILES string of the molecule is COc1cc(C#N)ccc1Cn1nc(C)c(C2CCCC(=O)N2)c1C. The average Bonchev–Trinajstić information content (AvgIpc) is 2.88. The van der Waals surface area contributed by atoms with Crippen LogP contribution in [0.4, 0.5) is 0 Å². The summed E-state index contributed by atoms with van der Waals surface area (Å²) in [5, 5.41) is 16.8. The number of benzene rings is 1. The highest BCUT2D eigenvalue weighted by molar-refractivity contribution is 5.77. The Balaban J connectivity index is 1.91. The molecule has 1 saturated heterocycles. The van der Waals surface area contributed by atoms with Crippen molar-refractivity contribution in [3.05, 3.63) is 46.3 Å². The maximum absolute atomic E-state index is 11.7. The van der Waals surface area contributed by atoms with Crippen molar-refractivity contribution in [2.24, 2.45) is 0 Å². The van der Waals surface area contributed by atoms with Crippen LogP contribution in [0.15, 0.2) is 18.2 Å². The molecule has 1 aliphatic rings. The van der Waals surface area contributed by atoms with Crippen LogP contribution in [0, 0.1) is 25.2 Å². The summed E-state index contributed by atoms with van der Waals surface area (Å²) in [5.74, 6) is 0.788. The monoisotopic (exact) mass is 338 g/mol. The van der Waals surface area contributed by atoms with Crippen LogP contribution >= 0.6 is 0 Å². The Hall–Kier alpha value is -2.81. The molecular weight excluding hydrogens is 316 g/mol. The Morgan fingerprint density at radius 1 is 1.44 bits per heavy atom. The van der Waals surface area contributed by atoms with Crippen LogP contribution in [0.3, 0.4) is 0 Å². The molecule has 3 rings (SSSR count). The van der Waals surface area contributed by atoms with Gasteiger partial charge in [0.1, 0.15) is 5.75 Å². The molecule has 2 heterocycles. The van der Waals surface area contributed by atoms with Crippen LogP contribution in [-0.4, -0.2) is 22.8 Å². The highest BCUT2D eigenvalue weighted by Gasteiger charge is 2.25. The molecule has 130 valence electrons. The zero-order chi connectivity index (χ0) is 18.0. The molecule has 1 aliphatic heterocycles. The lowest BCUT2D eigenvalue weighted by Crippen LogP contribution is -2.33. The van der Waals surface area contributed by atoms with Crippen LogP contribution in [0.25, 0.3) is 0 Å². The minimum Gasteiger partial charge on any atom is -0.496 e. The maximum atomic E-state index is 11.7. The van der Waals surface area contributed by atoms with E-state index in [-0.39, 0.29) is 11.9 Å². The molecule has 1 aromatic heterocycles. The molecule has 0 saturated carbocycles. The number of carbonyl (C=O) groups excluding carboxylic acids is 1. The van der Waals surface area contributed by atoms with Crippen molar-refractivity contribution in [2.45, 2.75) is 45.7 Å². The van der Waals surface area contributed by atoms with E-state index in [1.54, 1.807) is 19.2 Å². The van der Waals surface area contributed by atoms with Crippen LogP contribution in [0.1, 0.15) is 53.4 Å². The lowest BCUT2D eigenvalue weighted by Gasteiger charge is -2.24. The molecule has 25 heavy (non-hydrogen) atoms. The first kappa shape index (κ1) is 17.0. The number of nitriles is 1. The standard InChI is InChI=1S/C19H22N4O2/c1-12-19(16-5-4-6-18(24)21-16)13(2)23(22-12)11-15-8-7-14(10-20)9-17(15)25-3/h7-9,16H,4-6,11H2,1-3H3,(H,21,24). The summed E-state index contributed by atoms with van der Waals surface area (Å²) < 4.78 is 7.36. The van der Waals surface area contributed by atoms with E-state index >= 15 is 0 Å². The highest BCUT2D eigenvalue weighted by Crippen LogP contribution is 2.29. The van der Waals surface area contributed by atoms with Gasteiger partial charge in [0.05, 0.1) is 37.0 Å². The Kier molecular flexibility index (Phi) is 4.75. The molecule has 0 aliphatic carbocycles. The minimum atomic E-state index is 0.0397. The van der Waals surface area contributed by atoms with Crippen molar-refractivity contribution in [1.82, 2.24) is 15.1 Å². The summed E-state index contributed by atoms with van der Waals surface area (Å²) in [6.45, 7) is 4.57. The lowest BCUT2D eigenvalue weighted by molar-refractivity contribution is -0.123. The van der Waals surface area contributed by atoms with Gasteiger partial charge in [-0.2, -0.15) is 10.4 Å². The Bertz CT molecular complexity index is 848. The summed E-state index contributed by atoms with van der Waals surface area (Å²) >= 11 is 0. The molecule has 1 atom stereocenters. The molecule has 6 nitrogen and oxygen atoms in total. The first-order chi connectivity index (χ1) is 12.0. The number of rotatable bonds is 4. The van der Waals surface area contributed by atoms with E-state index in [0.717, 1.165) is 35.4 Å².